The molecular weight excluding hydrogens is 577 g/mol. The molecule has 11 heteroatoms. The van der Waals surface area contributed by atoms with Crippen molar-refractivity contribution in [3.8, 4) is 11.3 Å². The summed E-state index contributed by atoms with van der Waals surface area (Å²) >= 11 is 12.3. The van der Waals surface area contributed by atoms with E-state index in [1.165, 1.54) is 0 Å². The molecule has 0 spiro atoms. The van der Waals surface area contributed by atoms with E-state index in [-0.39, 0.29) is 30.6 Å². The van der Waals surface area contributed by atoms with Crippen molar-refractivity contribution < 1.29 is 18.7 Å². The number of nitrogens with zero attached hydrogens (tertiary/aromatic N) is 3. The number of likely N-dealkylation sites (tertiary alicyclic amines) is 1. The summed E-state index contributed by atoms with van der Waals surface area (Å²) in [5.41, 5.74) is 8.93. The van der Waals surface area contributed by atoms with Crippen LogP contribution in [0.2, 0.25) is 10.0 Å². The van der Waals surface area contributed by atoms with Crippen LogP contribution in [0.15, 0.2) is 59.0 Å². The van der Waals surface area contributed by atoms with Gasteiger partial charge in [0.1, 0.15) is 11.6 Å². The smallest absolute Gasteiger partial charge is 0.287 e. The van der Waals surface area contributed by atoms with Crippen molar-refractivity contribution in [3.63, 3.8) is 0 Å². The number of halogens is 2. The number of para-hydroxylation sites is 2. The Kier molecular flexibility index (Phi) is 9.84. The second kappa shape index (κ2) is 13.7. The fraction of sp³-hybridized carbons (Fsp3) is 0.387. The molecule has 0 aliphatic carbocycles. The van der Waals surface area contributed by atoms with Gasteiger partial charge in [0.2, 0.25) is 5.91 Å². The Balaban J connectivity index is 1.17. The molecule has 0 saturated carbocycles. The Bertz CT molecular complexity index is 1550. The number of methoxy groups -OCH3 is 1. The number of fused-ring (bicyclic) bond motifs is 1. The molecule has 4 aromatic rings. The van der Waals surface area contributed by atoms with E-state index in [9.17, 15) is 9.59 Å². The zero-order chi connectivity index (χ0) is 29.6. The lowest BCUT2D eigenvalue weighted by atomic mass is 9.96. The van der Waals surface area contributed by atoms with E-state index in [0.29, 0.717) is 41.1 Å². The first kappa shape index (κ1) is 30.1. The molecule has 0 radical (unpaired) electrons. The molecule has 1 aliphatic rings. The molecule has 9 nitrogen and oxygen atoms in total. The lowest BCUT2D eigenvalue weighted by Gasteiger charge is -2.33. The molecule has 1 saturated heterocycles. The molecule has 2 amide bonds. The number of piperidine rings is 1. The summed E-state index contributed by atoms with van der Waals surface area (Å²) in [7, 11) is 1.71. The van der Waals surface area contributed by atoms with Gasteiger partial charge in [-0.05, 0) is 61.7 Å². The van der Waals surface area contributed by atoms with Gasteiger partial charge in [-0.2, -0.15) is 0 Å². The Morgan fingerprint density at radius 3 is 2.86 bits per heavy atom. The molecule has 3 N–H and O–H groups in total. The maximum atomic E-state index is 13.2. The highest BCUT2D eigenvalue weighted by atomic mass is 35.5. The highest BCUT2D eigenvalue weighted by molar-refractivity contribution is 6.35. The number of nitrogens with one attached hydrogen (secondary N) is 1. The van der Waals surface area contributed by atoms with Crippen LogP contribution < -0.4 is 11.1 Å². The summed E-state index contributed by atoms with van der Waals surface area (Å²) in [5, 5.41) is 3.74. The number of nitrogens with two attached hydrogens (primary N) is 1. The van der Waals surface area contributed by atoms with Gasteiger partial charge >= 0.3 is 0 Å². The number of carbonyl (C=O) groups excluding carboxylic acids is 2. The topological polar surface area (TPSA) is 116 Å². The summed E-state index contributed by atoms with van der Waals surface area (Å²) in [5.74, 6) is 1.24. The molecule has 42 heavy (non-hydrogen) atoms. The van der Waals surface area contributed by atoms with E-state index in [1.807, 2.05) is 23.1 Å². The van der Waals surface area contributed by atoms with Gasteiger partial charge < -0.3 is 29.7 Å². The monoisotopic (exact) mass is 611 g/mol. The first-order valence-electron chi connectivity index (χ1n) is 14.1. The molecule has 2 aromatic heterocycles. The van der Waals surface area contributed by atoms with Crippen LogP contribution in [-0.4, -0.2) is 65.7 Å². The van der Waals surface area contributed by atoms with Crippen molar-refractivity contribution >= 4 is 46.0 Å². The van der Waals surface area contributed by atoms with E-state index < -0.39 is 11.9 Å². The fourth-order valence-corrected chi connectivity index (χ4v) is 5.83. The first-order valence-corrected chi connectivity index (χ1v) is 14.9. The maximum Gasteiger partial charge on any atom is 0.287 e. The second-order valence-corrected chi connectivity index (χ2v) is 11.4. The van der Waals surface area contributed by atoms with Crippen molar-refractivity contribution in [2.75, 3.05) is 33.4 Å². The predicted molar refractivity (Wildman–Crippen MR) is 164 cm³/mol. The van der Waals surface area contributed by atoms with Crippen molar-refractivity contribution in [1.82, 2.24) is 19.8 Å². The molecule has 3 heterocycles. The summed E-state index contributed by atoms with van der Waals surface area (Å²) in [6, 6.07) is 15.8. The van der Waals surface area contributed by atoms with E-state index >= 15 is 0 Å². The van der Waals surface area contributed by atoms with Gasteiger partial charge in [0.15, 0.2) is 5.76 Å². The summed E-state index contributed by atoms with van der Waals surface area (Å²) in [6.07, 6.45) is 2.86. The Hall–Kier alpha value is -3.37. The van der Waals surface area contributed by atoms with Crippen LogP contribution in [0.5, 0.6) is 0 Å². The van der Waals surface area contributed by atoms with E-state index in [0.717, 1.165) is 42.7 Å². The zero-order valence-electron chi connectivity index (χ0n) is 23.5. The second-order valence-electron chi connectivity index (χ2n) is 10.6. The number of hydrogen-bond acceptors (Lipinski definition) is 6. The Morgan fingerprint density at radius 2 is 2.02 bits per heavy atom. The van der Waals surface area contributed by atoms with Gasteiger partial charge in [0.25, 0.3) is 5.91 Å². The lowest BCUT2D eigenvalue weighted by molar-refractivity contribution is -0.132. The molecule has 0 bridgehead atoms. The highest BCUT2D eigenvalue weighted by Crippen LogP contribution is 2.32. The van der Waals surface area contributed by atoms with Crippen LogP contribution >= 0.6 is 23.2 Å². The van der Waals surface area contributed by atoms with Gasteiger partial charge in [0, 0.05) is 68.9 Å². The predicted octanol–water partition coefficient (Wildman–Crippen LogP) is 5.49. The number of hydrogen-bond donors (Lipinski definition) is 2. The largest absolute Gasteiger partial charge is 0.451 e. The molecule has 2 unspecified atom stereocenters. The van der Waals surface area contributed by atoms with Crippen molar-refractivity contribution in [2.45, 2.75) is 44.2 Å². The molecular formula is C31H35Cl2N5O4. The average molecular weight is 613 g/mol. The third-order valence-corrected chi connectivity index (χ3v) is 8.10. The normalized spacial score (nSPS) is 16.1. The number of imidazole rings is 1. The third-order valence-electron chi connectivity index (χ3n) is 7.54. The van der Waals surface area contributed by atoms with E-state index in [4.69, 9.17) is 43.1 Å². The molecule has 1 fully saturated rings. The molecule has 1 aliphatic heterocycles. The maximum absolute atomic E-state index is 13.2. The van der Waals surface area contributed by atoms with Gasteiger partial charge in [-0.3, -0.25) is 9.59 Å². The van der Waals surface area contributed by atoms with Gasteiger partial charge in [-0.1, -0.05) is 35.3 Å². The molecule has 2 atom stereocenters. The van der Waals surface area contributed by atoms with Crippen LogP contribution in [0.1, 0.15) is 48.0 Å². The number of aryl methyl sites for hydroxylation is 1. The number of rotatable bonds is 11. The minimum Gasteiger partial charge on any atom is -0.451 e. The number of carbonyl (C=O) groups is 2. The number of furan rings is 1. The average Bonchev–Trinajstić information content (AvgIpc) is 3.63. The minimum atomic E-state index is -0.544. The lowest BCUT2D eigenvalue weighted by Crippen LogP contribution is -2.45. The van der Waals surface area contributed by atoms with Crippen molar-refractivity contribution in [1.29, 1.82) is 0 Å². The SMILES string of the molecule is COCCCn1c(C2CCCN(C(=O)CC(N)CNC(=O)c3ccc(-c4cc(Cl)ccc4Cl)o3)C2)nc2ccccc21. The quantitative estimate of drug-likeness (QED) is 0.217. The van der Waals surface area contributed by atoms with Crippen LogP contribution in [-0.2, 0) is 16.1 Å². The summed E-state index contributed by atoms with van der Waals surface area (Å²) in [6.45, 7) is 2.88. The number of aromatic nitrogens is 2. The number of benzene rings is 2. The fourth-order valence-electron chi connectivity index (χ4n) is 5.45. The van der Waals surface area contributed by atoms with Gasteiger partial charge in [-0.25, -0.2) is 4.98 Å². The van der Waals surface area contributed by atoms with E-state index in [1.54, 1.807) is 37.4 Å². The summed E-state index contributed by atoms with van der Waals surface area (Å²) < 4.78 is 13.2. The molecule has 222 valence electrons. The highest BCUT2D eigenvalue weighted by Gasteiger charge is 2.29. The van der Waals surface area contributed by atoms with Crippen LogP contribution in [0, 0.1) is 0 Å². The third kappa shape index (κ3) is 6.98. The first-order chi connectivity index (χ1) is 20.3. The molecule has 2 aromatic carbocycles. The van der Waals surface area contributed by atoms with Gasteiger partial charge in [0.05, 0.1) is 16.1 Å². The molecule has 5 rings (SSSR count). The van der Waals surface area contributed by atoms with Crippen molar-refractivity contribution in [3.05, 3.63) is 76.2 Å². The van der Waals surface area contributed by atoms with E-state index in [2.05, 4.69) is 16.0 Å². The van der Waals surface area contributed by atoms with Crippen LogP contribution in [0.4, 0.5) is 0 Å². The van der Waals surface area contributed by atoms with Crippen molar-refractivity contribution in [2.24, 2.45) is 5.73 Å². The number of ether oxygens (including phenoxy) is 1. The Labute approximate surface area is 254 Å². The standard InChI is InChI=1S/C31H35Cl2N5O4/c1-41-15-5-14-38-26-8-3-2-7-25(26)36-30(38)20-6-4-13-37(19-20)29(39)17-22(34)18-35-31(40)28-12-11-27(42-28)23-16-21(32)9-10-24(23)33/h2-3,7-12,16,20,22H,4-6,13-15,17-19,34H2,1H3,(H,35,40). The zero-order valence-corrected chi connectivity index (χ0v) is 25.0. The summed E-state index contributed by atoms with van der Waals surface area (Å²) in [4.78, 5) is 32.8. The van der Waals surface area contributed by atoms with Gasteiger partial charge in [-0.15, -0.1) is 0 Å². The number of amides is 2. The van der Waals surface area contributed by atoms with Crippen LogP contribution in [0.3, 0.4) is 0 Å². The Morgan fingerprint density at radius 1 is 1.19 bits per heavy atom. The minimum absolute atomic E-state index is 0.0284. The van der Waals surface area contributed by atoms with Crippen LogP contribution in [0.25, 0.3) is 22.4 Å².